The van der Waals surface area contributed by atoms with Crippen LogP contribution in [0.15, 0.2) is 42.5 Å². The number of fused-ring (bicyclic) bond motifs is 1. The number of carbonyl (C=O) groups excluding carboxylic acids is 1. The second kappa shape index (κ2) is 9.16. The monoisotopic (exact) mass is 350 g/mol. The third-order valence-electron chi connectivity index (χ3n) is 3.98. The van der Waals surface area contributed by atoms with Crippen LogP contribution in [-0.2, 0) is 11.2 Å². The van der Waals surface area contributed by atoms with Gasteiger partial charge in [-0.05, 0) is 22.8 Å². The predicted octanol–water partition coefficient (Wildman–Crippen LogP) is 3.02. The first-order valence-corrected chi connectivity index (χ1v) is 9.02. The molecule has 23 heavy (non-hydrogen) atoms. The van der Waals surface area contributed by atoms with Gasteiger partial charge >= 0.3 is 0 Å². The van der Waals surface area contributed by atoms with Gasteiger partial charge in [-0.25, -0.2) is 0 Å². The van der Waals surface area contributed by atoms with Crippen LogP contribution in [0.25, 0.3) is 10.8 Å². The molecule has 0 aliphatic carbocycles. The summed E-state index contributed by atoms with van der Waals surface area (Å²) in [5.74, 6) is 2.35. The molecule has 5 heteroatoms. The molecule has 3 nitrogen and oxygen atoms in total. The fraction of sp³-hybridized carbons (Fsp3) is 0.389. The first-order valence-electron chi connectivity index (χ1n) is 7.87. The van der Waals surface area contributed by atoms with Crippen LogP contribution in [0, 0.1) is 0 Å². The number of benzene rings is 2. The van der Waals surface area contributed by atoms with Gasteiger partial charge in [0.1, 0.15) is 0 Å². The normalized spacial score (nSPS) is 17.5. The van der Waals surface area contributed by atoms with Crippen molar-refractivity contribution in [3.8, 4) is 0 Å². The summed E-state index contributed by atoms with van der Waals surface area (Å²) >= 11 is 1.92. The van der Waals surface area contributed by atoms with Crippen LogP contribution < -0.4 is 10.6 Å². The van der Waals surface area contributed by atoms with Crippen molar-refractivity contribution >= 4 is 40.8 Å². The summed E-state index contributed by atoms with van der Waals surface area (Å²) in [6.45, 7) is 1.72. The minimum absolute atomic E-state index is 0. The molecule has 1 amide bonds. The van der Waals surface area contributed by atoms with Crippen molar-refractivity contribution in [3.05, 3.63) is 48.0 Å². The minimum atomic E-state index is 0. The highest BCUT2D eigenvalue weighted by atomic mass is 35.5. The van der Waals surface area contributed by atoms with Crippen molar-refractivity contribution in [1.29, 1.82) is 0 Å². The van der Waals surface area contributed by atoms with Crippen molar-refractivity contribution in [2.45, 2.75) is 18.9 Å². The largest absolute Gasteiger partial charge is 0.356 e. The van der Waals surface area contributed by atoms with E-state index >= 15 is 0 Å². The molecule has 0 spiro atoms. The molecule has 1 aliphatic heterocycles. The fourth-order valence-corrected chi connectivity index (χ4v) is 3.74. The Bertz CT molecular complexity index is 644. The van der Waals surface area contributed by atoms with E-state index in [4.69, 9.17) is 0 Å². The highest BCUT2D eigenvalue weighted by molar-refractivity contribution is 7.99. The molecule has 0 saturated carbocycles. The summed E-state index contributed by atoms with van der Waals surface area (Å²) in [6, 6.07) is 15.2. The molecule has 1 saturated heterocycles. The third kappa shape index (κ3) is 5.41. The molecule has 1 unspecified atom stereocenters. The van der Waals surface area contributed by atoms with E-state index in [1.807, 2.05) is 11.8 Å². The van der Waals surface area contributed by atoms with Gasteiger partial charge in [0.05, 0.1) is 0 Å². The number of thioether (sulfide) groups is 1. The summed E-state index contributed by atoms with van der Waals surface area (Å²) < 4.78 is 0. The van der Waals surface area contributed by atoms with Crippen molar-refractivity contribution in [2.75, 3.05) is 24.6 Å². The number of rotatable bonds is 5. The van der Waals surface area contributed by atoms with Gasteiger partial charge in [0.2, 0.25) is 5.91 Å². The lowest BCUT2D eigenvalue weighted by Gasteiger charge is -2.22. The first kappa shape index (κ1) is 18.1. The van der Waals surface area contributed by atoms with Gasteiger partial charge in [0, 0.05) is 37.1 Å². The second-order valence-corrected chi connectivity index (χ2v) is 6.86. The lowest BCUT2D eigenvalue weighted by molar-refractivity contribution is -0.121. The van der Waals surface area contributed by atoms with Gasteiger partial charge in [0.25, 0.3) is 0 Å². The van der Waals surface area contributed by atoms with E-state index in [0.717, 1.165) is 24.5 Å². The highest BCUT2D eigenvalue weighted by Crippen LogP contribution is 2.15. The van der Waals surface area contributed by atoms with Crippen LogP contribution >= 0.6 is 24.2 Å². The Labute approximate surface area is 148 Å². The zero-order valence-corrected chi connectivity index (χ0v) is 14.7. The fourth-order valence-electron chi connectivity index (χ4n) is 2.79. The second-order valence-electron chi connectivity index (χ2n) is 5.71. The molecular weight excluding hydrogens is 328 g/mol. The number of amides is 1. The molecule has 0 radical (unpaired) electrons. The lowest BCUT2D eigenvalue weighted by atomic mass is 10.1. The molecule has 1 heterocycles. The maximum absolute atomic E-state index is 12.0. The average Bonchev–Trinajstić information content (AvgIpc) is 2.55. The predicted molar refractivity (Wildman–Crippen MR) is 102 cm³/mol. The van der Waals surface area contributed by atoms with Crippen LogP contribution in [0.5, 0.6) is 0 Å². The summed E-state index contributed by atoms with van der Waals surface area (Å²) in [5.41, 5.74) is 1.27. The Kier molecular flexibility index (Phi) is 7.21. The van der Waals surface area contributed by atoms with Crippen molar-refractivity contribution in [1.82, 2.24) is 10.6 Å². The van der Waals surface area contributed by atoms with Gasteiger partial charge in [-0.1, -0.05) is 42.5 Å². The molecule has 1 aliphatic rings. The first-order chi connectivity index (χ1) is 10.8. The molecular formula is C18H23ClN2OS. The molecule has 2 N–H and O–H groups in total. The maximum atomic E-state index is 12.0. The number of halogens is 1. The van der Waals surface area contributed by atoms with Crippen molar-refractivity contribution in [2.24, 2.45) is 0 Å². The number of hydrogen-bond donors (Lipinski definition) is 2. The molecule has 1 atom stereocenters. The van der Waals surface area contributed by atoms with Crippen LogP contribution in [-0.4, -0.2) is 36.5 Å². The summed E-state index contributed by atoms with van der Waals surface area (Å²) in [5, 5.41) is 8.95. The van der Waals surface area contributed by atoms with Crippen LogP contribution in [0.3, 0.4) is 0 Å². The molecule has 0 bridgehead atoms. The van der Waals surface area contributed by atoms with Crippen LogP contribution in [0.4, 0.5) is 0 Å². The average molecular weight is 351 g/mol. The Balaban J connectivity index is 0.00000192. The van der Waals surface area contributed by atoms with Gasteiger partial charge in [-0.2, -0.15) is 11.8 Å². The van der Waals surface area contributed by atoms with Gasteiger partial charge < -0.3 is 10.6 Å². The minimum Gasteiger partial charge on any atom is -0.356 e. The lowest BCUT2D eigenvalue weighted by Crippen LogP contribution is -2.41. The smallest absolute Gasteiger partial charge is 0.221 e. The van der Waals surface area contributed by atoms with E-state index in [1.54, 1.807) is 0 Å². The highest BCUT2D eigenvalue weighted by Gasteiger charge is 2.16. The van der Waals surface area contributed by atoms with Crippen molar-refractivity contribution < 1.29 is 4.79 Å². The summed E-state index contributed by atoms with van der Waals surface area (Å²) in [6.07, 6.45) is 1.47. The van der Waals surface area contributed by atoms with Crippen LogP contribution in [0.1, 0.15) is 12.0 Å². The van der Waals surface area contributed by atoms with E-state index in [0.29, 0.717) is 19.0 Å². The quantitative estimate of drug-likeness (QED) is 0.871. The molecule has 2 aromatic carbocycles. The standard InChI is InChI=1S/C18H22N2OS.ClH/c21-18(12-17-13-22-10-9-19-17)20-8-7-14-5-6-15-3-1-2-4-16(15)11-14;/h1-6,11,17,19H,7-10,12-13H2,(H,20,21);1H. The summed E-state index contributed by atoms with van der Waals surface area (Å²) in [7, 11) is 0. The molecule has 1 fully saturated rings. The third-order valence-corrected chi connectivity index (χ3v) is 5.11. The molecule has 3 rings (SSSR count). The van der Waals surface area contributed by atoms with Gasteiger partial charge in [-0.15, -0.1) is 12.4 Å². The zero-order valence-electron chi connectivity index (χ0n) is 13.1. The molecule has 0 aromatic heterocycles. The number of hydrogen-bond acceptors (Lipinski definition) is 3. The number of carbonyl (C=O) groups is 1. The topological polar surface area (TPSA) is 41.1 Å². The Morgan fingerprint density at radius 2 is 2.04 bits per heavy atom. The van der Waals surface area contributed by atoms with Gasteiger partial charge in [0.15, 0.2) is 0 Å². The van der Waals surface area contributed by atoms with Crippen molar-refractivity contribution in [3.63, 3.8) is 0 Å². The Morgan fingerprint density at radius 3 is 2.83 bits per heavy atom. The zero-order chi connectivity index (χ0) is 15.2. The summed E-state index contributed by atoms with van der Waals surface area (Å²) in [4.78, 5) is 12.0. The van der Waals surface area contributed by atoms with Crippen LogP contribution in [0.2, 0.25) is 0 Å². The SMILES string of the molecule is Cl.O=C(CC1CSCCN1)NCCc1ccc2ccccc2c1. The van der Waals surface area contributed by atoms with E-state index < -0.39 is 0 Å². The number of nitrogens with one attached hydrogen (secondary N) is 2. The van der Waals surface area contributed by atoms with E-state index in [1.165, 1.54) is 16.3 Å². The molecule has 124 valence electrons. The van der Waals surface area contributed by atoms with E-state index in [9.17, 15) is 4.79 Å². The molecule has 2 aromatic rings. The Morgan fingerprint density at radius 1 is 1.22 bits per heavy atom. The van der Waals surface area contributed by atoms with E-state index in [2.05, 4.69) is 53.1 Å². The van der Waals surface area contributed by atoms with E-state index in [-0.39, 0.29) is 18.3 Å². The van der Waals surface area contributed by atoms with Gasteiger partial charge in [-0.3, -0.25) is 4.79 Å². The Hall–Kier alpha value is -1.23. The maximum Gasteiger partial charge on any atom is 0.221 e.